The van der Waals surface area contributed by atoms with Crippen molar-refractivity contribution in [1.29, 1.82) is 0 Å². The fraction of sp³-hybridized carbons (Fsp3) is 0.154. The molecule has 0 bridgehead atoms. The third kappa shape index (κ3) is 3.49. The monoisotopic (exact) mass is 460 g/mol. The topological polar surface area (TPSA) is 112 Å². The molecule has 3 aromatic carbocycles. The second-order valence-electron chi connectivity index (χ2n) is 7.89. The number of methoxy groups -OCH3 is 2. The molecule has 0 aliphatic carbocycles. The van der Waals surface area contributed by atoms with E-state index in [1.807, 2.05) is 0 Å². The van der Waals surface area contributed by atoms with Gasteiger partial charge in [-0.25, -0.2) is 0 Å². The Bertz CT molecular complexity index is 1370. The zero-order valence-corrected chi connectivity index (χ0v) is 18.3. The first-order valence-corrected chi connectivity index (χ1v) is 10.4. The van der Waals surface area contributed by atoms with Crippen LogP contribution in [-0.4, -0.2) is 36.2 Å². The Morgan fingerprint density at radius 3 is 2.44 bits per heavy atom. The molecule has 0 spiro atoms. The van der Waals surface area contributed by atoms with E-state index in [1.165, 1.54) is 32.4 Å². The van der Waals surface area contributed by atoms with Gasteiger partial charge in [0.15, 0.2) is 28.8 Å². The molecule has 0 saturated heterocycles. The third-order valence-corrected chi connectivity index (χ3v) is 5.89. The molecule has 0 aromatic heterocycles. The van der Waals surface area contributed by atoms with E-state index in [4.69, 9.17) is 18.9 Å². The van der Waals surface area contributed by atoms with Crippen LogP contribution in [0, 0.1) is 0 Å². The molecule has 2 aliphatic heterocycles. The number of benzene rings is 3. The van der Waals surface area contributed by atoms with Crippen molar-refractivity contribution in [2.24, 2.45) is 0 Å². The number of hydrogen-bond acceptors (Lipinski definition) is 8. The number of aromatic hydroxyl groups is 2. The van der Waals surface area contributed by atoms with Gasteiger partial charge in [0.25, 0.3) is 0 Å². The zero-order valence-electron chi connectivity index (χ0n) is 18.3. The number of rotatable bonds is 4. The normalized spacial score (nSPS) is 17.6. The number of phenolic OH excluding ortho intramolecular Hbond substituents is 2. The van der Waals surface area contributed by atoms with Crippen LogP contribution in [-0.2, 0) is 4.79 Å². The van der Waals surface area contributed by atoms with Gasteiger partial charge in [-0.3, -0.25) is 9.59 Å². The van der Waals surface area contributed by atoms with Crippen molar-refractivity contribution in [2.75, 3.05) is 14.2 Å². The molecule has 8 nitrogen and oxygen atoms in total. The van der Waals surface area contributed by atoms with Crippen molar-refractivity contribution in [3.05, 3.63) is 76.5 Å². The van der Waals surface area contributed by atoms with Crippen molar-refractivity contribution < 1.29 is 38.7 Å². The van der Waals surface area contributed by atoms with Crippen molar-refractivity contribution >= 4 is 17.8 Å². The number of fused-ring (bicyclic) bond motifs is 3. The van der Waals surface area contributed by atoms with Crippen LogP contribution in [0.1, 0.15) is 39.4 Å². The van der Waals surface area contributed by atoms with E-state index in [9.17, 15) is 19.8 Å². The molecule has 2 aliphatic rings. The van der Waals surface area contributed by atoms with E-state index >= 15 is 0 Å². The van der Waals surface area contributed by atoms with E-state index < -0.39 is 11.9 Å². The number of ketones is 1. The lowest BCUT2D eigenvalue weighted by Gasteiger charge is -2.26. The summed E-state index contributed by atoms with van der Waals surface area (Å²) in [6, 6.07) is 12.7. The average Bonchev–Trinajstić information content (AvgIpc) is 3.14. The molecule has 34 heavy (non-hydrogen) atoms. The molecule has 0 fully saturated rings. The number of ether oxygens (including phenoxy) is 4. The standard InChI is InChI=1S/C26H20O8/c1-31-19-7-3-13(9-18(19)28)10-22-25(30)15-5-8-20-24(26(15)34-22)16(12-23(29)33-20)14-4-6-17(27)21(11-14)32-2/h3-11,16,27-28H,12H2,1-2H3/b22-10-. The molecule has 1 unspecified atom stereocenters. The molecule has 2 heterocycles. The summed E-state index contributed by atoms with van der Waals surface area (Å²) in [5.41, 5.74) is 2.17. The number of phenols is 2. The average molecular weight is 460 g/mol. The highest BCUT2D eigenvalue weighted by Crippen LogP contribution is 2.49. The lowest BCUT2D eigenvalue weighted by atomic mass is 9.84. The molecule has 8 heteroatoms. The summed E-state index contributed by atoms with van der Waals surface area (Å²) >= 11 is 0. The van der Waals surface area contributed by atoms with E-state index in [0.717, 1.165) is 0 Å². The van der Waals surface area contributed by atoms with E-state index in [-0.39, 0.29) is 35.2 Å². The van der Waals surface area contributed by atoms with Crippen molar-refractivity contribution in [3.63, 3.8) is 0 Å². The third-order valence-electron chi connectivity index (χ3n) is 5.89. The van der Waals surface area contributed by atoms with Gasteiger partial charge in [0.1, 0.15) is 11.5 Å². The van der Waals surface area contributed by atoms with Gasteiger partial charge in [-0.05, 0) is 53.6 Å². The van der Waals surface area contributed by atoms with Gasteiger partial charge in [0.2, 0.25) is 5.78 Å². The second-order valence-corrected chi connectivity index (χ2v) is 7.89. The number of carbonyl (C=O) groups is 2. The molecule has 5 rings (SSSR count). The number of esters is 1. The van der Waals surface area contributed by atoms with Crippen LogP contribution in [0.2, 0.25) is 0 Å². The summed E-state index contributed by atoms with van der Waals surface area (Å²) in [6.07, 6.45) is 1.56. The van der Waals surface area contributed by atoms with Crippen molar-refractivity contribution in [2.45, 2.75) is 12.3 Å². The van der Waals surface area contributed by atoms with Gasteiger partial charge in [-0.2, -0.15) is 0 Å². The minimum absolute atomic E-state index is 0.0254. The fourth-order valence-electron chi connectivity index (χ4n) is 4.25. The van der Waals surface area contributed by atoms with Crippen LogP contribution < -0.4 is 18.9 Å². The van der Waals surface area contributed by atoms with Crippen LogP contribution in [0.15, 0.2) is 54.3 Å². The lowest BCUT2D eigenvalue weighted by molar-refractivity contribution is -0.135. The lowest BCUT2D eigenvalue weighted by Crippen LogP contribution is -2.21. The van der Waals surface area contributed by atoms with Gasteiger partial charge in [-0.1, -0.05) is 12.1 Å². The maximum Gasteiger partial charge on any atom is 0.312 e. The Labute approximate surface area is 194 Å². The Morgan fingerprint density at radius 1 is 0.912 bits per heavy atom. The van der Waals surface area contributed by atoms with E-state index in [1.54, 1.807) is 36.4 Å². The predicted octanol–water partition coefficient (Wildman–Crippen LogP) is 4.17. The highest BCUT2D eigenvalue weighted by atomic mass is 16.5. The molecule has 1 atom stereocenters. The van der Waals surface area contributed by atoms with E-state index in [0.29, 0.717) is 39.5 Å². The fourth-order valence-corrected chi connectivity index (χ4v) is 4.25. The minimum atomic E-state index is -0.474. The maximum absolute atomic E-state index is 13.1. The zero-order chi connectivity index (χ0) is 24.0. The summed E-state index contributed by atoms with van der Waals surface area (Å²) in [5.74, 6) is -0.0306. The van der Waals surface area contributed by atoms with Crippen LogP contribution in [0.25, 0.3) is 6.08 Å². The first-order chi connectivity index (χ1) is 16.4. The minimum Gasteiger partial charge on any atom is -0.504 e. The van der Waals surface area contributed by atoms with Gasteiger partial charge in [-0.15, -0.1) is 0 Å². The molecule has 2 N–H and O–H groups in total. The van der Waals surface area contributed by atoms with E-state index in [2.05, 4.69) is 0 Å². The van der Waals surface area contributed by atoms with Gasteiger partial charge < -0.3 is 29.2 Å². The Morgan fingerprint density at radius 2 is 1.71 bits per heavy atom. The molecule has 0 saturated carbocycles. The molecular formula is C26H20O8. The van der Waals surface area contributed by atoms with Crippen molar-refractivity contribution in [3.8, 4) is 34.5 Å². The maximum atomic E-state index is 13.1. The van der Waals surface area contributed by atoms with Crippen LogP contribution in [0.5, 0.6) is 34.5 Å². The summed E-state index contributed by atoms with van der Waals surface area (Å²) in [5, 5.41) is 20.0. The Hall–Kier alpha value is -4.46. The summed E-state index contributed by atoms with van der Waals surface area (Å²) in [4.78, 5) is 25.4. The molecular weight excluding hydrogens is 440 g/mol. The quantitative estimate of drug-likeness (QED) is 0.339. The molecule has 0 amide bonds. The van der Waals surface area contributed by atoms with Gasteiger partial charge in [0, 0.05) is 11.5 Å². The molecule has 3 aromatic rings. The number of Topliss-reactive ketones (excluding diaryl/α,β-unsaturated/α-hetero) is 1. The van der Waals surface area contributed by atoms with Crippen molar-refractivity contribution in [1.82, 2.24) is 0 Å². The molecule has 172 valence electrons. The van der Waals surface area contributed by atoms with Gasteiger partial charge in [0.05, 0.1) is 26.2 Å². The summed E-state index contributed by atoms with van der Waals surface area (Å²) in [7, 11) is 2.89. The smallest absolute Gasteiger partial charge is 0.312 e. The predicted molar refractivity (Wildman–Crippen MR) is 121 cm³/mol. The number of carbonyl (C=O) groups excluding carboxylic acids is 2. The largest absolute Gasteiger partial charge is 0.504 e. The highest BCUT2D eigenvalue weighted by Gasteiger charge is 2.38. The van der Waals surface area contributed by atoms with Crippen LogP contribution in [0.4, 0.5) is 0 Å². The second kappa shape index (κ2) is 8.15. The number of hydrogen-bond donors (Lipinski definition) is 2. The van der Waals surface area contributed by atoms with Gasteiger partial charge >= 0.3 is 5.97 Å². The Balaban J connectivity index is 1.59. The highest BCUT2D eigenvalue weighted by molar-refractivity contribution is 6.15. The van der Waals surface area contributed by atoms with Crippen LogP contribution in [0.3, 0.4) is 0 Å². The Kier molecular flexibility index (Phi) is 5.13. The summed E-state index contributed by atoms with van der Waals surface area (Å²) in [6.45, 7) is 0. The SMILES string of the molecule is COc1ccc(/C=C2\Oc3c(ccc4c3C(c3ccc(O)c(OC)c3)CC(=O)O4)C2=O)cc1O. The number of allylic oxidation sites excluding steroid dienone is 1. The summed E-state index contributed by atoms with van der Waals surface area (Å²) < 4.78 is 21.7. The first-order valence-electron chi connectivity index (χ1n) is 10.4. The van der Waals surface area contributed by atoms with Crippen LogP contribution >= 0.6 is 0 Å². The molecule has 0 radical (unpaired) electrons. The first kappa shape index (κ1) is 21.4.